The fourth-order valence-electron chi connectivity index (χ4n) is 3.17. The Morgan fingerprint density at radius 3 is 2.58 bits per heavy atom. The van der Waals surface area contributed by atoms with Crippen LogP contribution in [0.4, 0.5) is 11.5 Å². The fraction of sp³-hybridized carbons (Fsp3) is 0.143. The number of aromatic nitrogens is 3. The van der Waals surface area contributed by atoms with Gasteiger partial charge in [-0.2, -0.15) is 9.61 Å². The van der Waals surface area contributed by atoms with Crippen molar-refractivity contribution in [3.63, 3.8) is 0 Å². The van der Waals surface area contributed by atoms with Crippen LogP contribution in [0, 0.1) is 0 Å². The smallest absolute Gasteiger partial charge is 0.395 e. The van der Waals surface area contributed by atoms with Crippen molar-refractivity contribution in [1.29, 1.82) is 0 Å². The van der Waals surface area contributed by atoms with E-state index in [9.17, 15) is 8.42 Å². The normalized spacial score (nSPS) is 11.5. The standard InChI is InChI=1S/C21H21B2N6O3S/c1-32-23-24-11-12-26-33(30,31)17-9-7-16(8-10-17)27-20-13-19(15-5-3-2-4-6-15)28-21-18(22)14-25-29(20)21/h2-10,13-14,24,26-27H,11-12H2,1H3. The van der Waals surface area contributed by atoms with Gasteiger partial charge in [0.2, 0.25) is 10.0 Å². The predicted molar refractivity (Wildman–Crippen MR) is 129 cm³/mol. The molecule has 0 amide bonds. The van der Waals surface area contributed by atoms with E-state index in [1.807, 2.05) is 36.4 Å². The Morgan fingerprint density at radius 1 is 1.09 bits per heavy atom. The van der Waals surface area contributed by atoms with Crippen molar-refractivity contribution in [2.75, 3.05) is 25.5 Å². The lowest BCUT2D eigenvalue weighted by Gasteiger charge is -2.12. The molecule has 0 saturated carbocycles. The van der Waals surface area contributed by atoms with Gasteiger partial charge in [-0.05, 0) is 29.7 Å². The van der Waals surface area contributed by atoms with Crippen molar-refractivity contribution < 1.29 is 13.1 Å². The molecule has 2 aromatic heterocycles. The fourth-order valence-corrected chi connectivity index (χ4v) is 4.21. The first-order valence-corrected chi connectivity index (χ1v) is 11.6. The molecule has 0 aliphatic rings. The van der Waals surface area contributed by atoms with Crippen molar-refractivity contribution in [1.82, 2.24) is 24.5 Å². The molecule has 4 rings (SSSR count). The molecule has 2 aromatic carbocycles. The molecule has 0 unspecified atom stereocenters. The van der Waals surface area contributed by atoms with Crippen molar-refractivity contribution in [2.24, 2.45) is 0 Å². The molecule has 3 N–H and O–H groups in total. The first-order valence-electron chi connectivity index (χ1n) is 10.1. The molecule has 0 saturated heterocycles. The Kier molecular flexibility index (Phi) is 7.09. The second-order valence-corrected chi connectivity index (χ2v) is 8.85. The van der Waals surface area contributed by atoms with E-state index in [1.54, 1.807) is 22.8 Å². The van der Waals surface area contributed by atoms with Gasteiger partial charge in [-0.25, -0.2) is 18.1 Å². The highest BCUT2D eigenvalue weighted by molar-refractivity contribution is 7.89. The van der Waals surface area contributed by atoms with Crippen LogP contribution in [-0.4, -0.2) is 58.7 Å². The molecule has 165 valence electrons. The average Bonchev–Trinajstić information content (AvgIpc) is 3.21. The molecule has 0 spiro atoms. The molecule has 0 fully saturated rings. The quantitative estimate of drug-likeness (QED) is 0.240. The number of nitrogens with zero attached hydrogens (tertiary/aromatic N) is 3. The monoisotopic (exact) mass is 459 g/mol. The van der Waals surface area contributed by atoms with Crippen LogP contribution in [0.5, 0.6) is 0 Å². The van der Waals surface area contributed by atoms with Crippen LogP contribution in [0.25, 0.3) is 16.9 Å². The zero-order valence-corrected chi connectivity index (χ0v) is 18.7. The van der Waals surface area contributed by atoms with E-state index in [0.29, 0.717) is 29.2 Å². The summed E-state index contributed by atoms with van der Waals surface area (Å²) in [6.45, 7) is 0.627. The van der Waals surface area contributed by atoms with Gasteiger partial charge in [-0.3, -0.25) is 0 Å². The van der Waals surface area contributed by atoms with Crippen molar-refractivity contribution in [2.45, 2.75) is 4.90 Å². The largest absolute Gasteiger partial charge is 0.427 e. The molecule has 4 aromatic rings. The van der Waals surface area contributed by atoms with Gasteiger partial charge in [0.05, 0.1) is 10.6 Å². The van der Waals surface area contributed by atoms with E-state index in [2.05, 4.69) is 25.3 Å². The highest BCUT2D eigenvalue weighted by Gasteiger charge is 2.14. The van der Waals surface area contributed by atoms with E-state index >= 15 is 0 Å². The molecule has 0 atom stereocenters. The van der Waals surface area contributed by atoms with E-state index in [1.165, 1.54) is 26.9 Å². The minimum absolute atomic E-state index is 0.164. The Hall–Kier alpha value is -3.18. The van der Waals surface area contributed by atoms with Gasteiger partial charge in [-0.1, -0.05) is 30.3 Å². The van der Waals surface area contributed by atoms with Gasteiger partial charge in [0.25, 0.3) is 0 Å². The Labute approximate surface area is 194 Å². The maximum Gasteiger partial charge on any atom is 0.395 e. The van der Waals surface area contributed by atoms with E-state index in [-0.39, 0.29) is 11.4 Å². The third kappa shape index (κ3) is 5.42. The summed E-state index contributed by atoms with van der Waals surface area (Å²) in [6.07, 6.45) is 1.54. The lowest BCUT2D eigenvalue weighted by atomic mass is 10.0. The minimum Gasteiger partial charge on any atom is -0.427 e. The van der Waals surface area contributed by atoms with Crippen LogP contribution in [0.3, 0.4) is 0 Å². The SMILES string of the molecule is [B]c1cnn2c(Nc3ccc(S(=O)(=O)NCCN[B]OC)cc3)cc(-c3ccccc3)nc12. The third-order valence-corrected chi connectivity index (χ3v) is 6.25. The number of anilines is 2. The number of benzene rings is 2. The van der Waals surface area contributed by atoms with E-state index in [0.717, 1.165) is 11.3 Å². The predicted octanol–water partition coefficient (Wildman–Crippen LogP) is 0.982. The molecular formula is C21H21B2N6O3S. The molecule has 0 aliphatic carbocycles. The number of nitrogens with one attached hydrogen (secondary N) is 3. The molecule has 2 heterocycles. The number of sulfonamides is 1. The Morgan fingerprint density at radius 2 is 1.85 bits per heavy atom. The summed E-state index contributed by atoms with van der Waals surface area (Å²) in [5.41, 5.74) is 3.35. The van der Waals surface area contributed by atoms with Crippen LogP contribution >= 0.6 is 0 Å². The summed E-state index contributed by atoms with van der Waals surface area (Å²) < 4.78 is 33.8. The van der Waals surface area contributed by atoms with Crippen LogP contribution < -0.4 is 20.7 Å². The van der Waals surface area contributed by atoms with E-state index in [4.69, 9.17) is 12.5 Å². The van der Waals surface area contributed by atoms with Gasteiger partial charge >= 0.3 is 7.62 Å². The summed E-state index contributed by atoms with van der Waals surface area (Å²) in [7, 11) is 5.33. The number of hydrogen-bond acceptors (Lipinski definition) is 7. The van der Waals surface area contributed by atoms with Crippen LogP contribution in [0.1, 0.15) is 0 Å². The minimum atomic E-state index is -3.63. The highest BCUT2D eigenvalue weighted by Crippen LogP contribution is 2.24. The molecule has 3 radical (unpaired) electrons. The van der Waals surface area contributed by atoms with Crippen LogP contribution in [0.2, 0.25) is 0 Å². The van der Waals surface area contributed by atoms with Gasteiger partial charge in [-0.15, -0.1) is 0 Å². The molecule has 0 aliphatic heterocycles. The summed E-state index contributed by atoms with van der Waals surface area (Å²) in [5, 5.41) is 10.4. The van der Waals surface area contributed by atoms with Crippen LogP contribution in [-0.2, 0) is 14.7 Å². The average molecular weight is 459 g/mol. The van der Waals surface area contributed by atoms with Crippen LogP contribution in [0.15, 0.2) is 71.8 Å². The van der Waals surface area contributed by atoms with Gasteiger partial charge in [0, 0.05) is 43.7 Å². The highest BCUT2D eigenvalue weighted by atomic mass is 32.2. The second kappa shape index (κ2) is 10.2. The number of fused-ring (bicyclic) bond motifs is 1. The number of hydrogen-bond donors (Lipinski definition) is 3. The van der Waals surface area contributed by atoms with Gasteiger partial charge < -0.3 is 15.2 Å². The van der Waals surface area contributed by atoms with Gasteiger partial charge in [0.1, 0.15) is 13.7 Å². The molecule has 12 heteroatoms. The first kappa shape index (κ1) is 23.0. The second-order valence-electron chi connectivity index (χ2n) is 7.08. The van der Waals surface area contributed by atoms with E-state index < -0.39 is 10.0 Å². The van der Waals surface area contributed by atoms with Gasteiger partial charge in [0.15, 0.2) is 5.65 Å². The zero-order valence-electron chi connectivity index (χ0n) is 17.9. The summed E-state index contributed by atoms with van der Waals surface area (Å²) in [6, 6.07) is 18.0. The maximum absolute atomic E-state index is 12.5. The summed E-state index contributed by atoms with van der Waals surface area (Å²) in [4.78, 5) is 4.80. The van der Waals surface area contributed by atoms with Crippen molar-refractivity contribution in [3.8, 4) is 11.3 Å². The Balaban J connectivity index is 1.55. The lowest BCUT2D eigenvalue weighted by molar-refractivity contribution is 0.431. The summed E-state index contributed by atoms with van der Waals surface area (Å²) in [5.74, 6) is 0.643. The lowest BCUT2D eigenvalue weighted by Crippen LogP contribution is -2.33. The topological polar surface area (TPSA) is 110 Å². The maximum atomic E-state index is 12.5. The van der Waals surface area contributed by atoms with Crippen molar-refractivity contribution >= 4 is 48.1 Å². The number of rotatable bonds is 10. The first-order chi connectivity index (χ1) is 16.0. The molecule has 33 heavy (non-hydrogen) atoms. The molecule has 9 nitrogen and oxygen atoms in total. The zero-order chi connectivity index (χ0) is 23.3. The summed E-state index contributed by atoms with van der Waals surface area (Å²) >= 11 is 0. The third-order valence-electron chi connectivity index (χ3n) is 4.77. The molecular weight excluding hydrogens is 438 g/mol. The van der Waals surface area contributed by atoms with Crippen molar-refractivity contribution in [3.05, 3.63) is 66.9 Å². The molecule has 0 bridgehead atoms. The Bertz CT molecular complexity index is 1330.